The third-order valence-corrected chi connectivity index (χ3v) is 3.32. The molecule has 2 heteroatoms. The minimum absolute atomic E-state index is 0.113. The summed E-state index contributed by atoms with van der Waals surface area (Å²) in [5.41, 5.74) is 2.41. The molecule has 110 valence electrons. The minimum atomic E-state index is 0.113. The summed E-state index contributed by atoms with van der Waals surface area (Å²) in [6.45, 7) is 10.2. The Kier molecular flexibility index (Phi) is 7.06. The Morgan fingerprint density at radius 1 is 1.10 bits per heavy atom. The molecule has 0 heterocycles. The zero-order valence-corrected chi connectivity index (χ0v) is 13.2. The average Bonchev–Trinajstić information content (AvgIpc) is 2.45. The van der Waals surface area contributed by atoms with Gasteiger partial charge in [-0.05, 0) is 36.0 Å². The van der Waals surface area contributed by atoms with Crippen LogP contribution < -0.4 is 0 Å². The van der Waals surface area contributed by atoms with Crippen LogP contribution in [-0.2, 0) is 4.79 Å². The Labute approximate surface area is 123 Å². The molecule has 1 aromatic carbocycles. The molecular weight excluding hydrogens is 246 g/mol. The lowest BCUT2D eigenvalue weighted by Crippen LogP contribution is -2.30. The standard InChI is InChI=1S/C18H27NO/c1-5-13-19(14-6-2)18(20)12-9-16-7-10-17(11-8-16)15(3)4/h7-12,15H,5-6,13-14H2,1-4H3. The average molecular weight is 273 g/mol. The lowest BCUT2D eigenvalue weighted by atomic mass is 10.0. The van der Waals surface area contributed by atoms with Crippen LogP contribution in [0.3, 0.4) is 0 Å². The van der Waals surface area contributed by atoms with Gasteiger partial charge < -0.3 is 4.90 Å². The number of hydrogen-bond donors (Lipinski definition) is 0. The number of carbonyl (C=O) groups is 1. The van der Waals surface area contributed by atoms with E-state index in [0.717, 1.165) is 31.5 Å². The second-order valence-corrected chi connectivity index (χ2v) is 5.48. The quantitative estimate of drug-likeness (QED) is 0.671. The van der Waals surface area contributed by atoms with Gasteiger partial charge in [0.25, 0.3) is 0 Å². The van der Waals surface area contributed by atoms with Crippen LogP contribution in [-0.4, -0.2) is 23.9 Å². The molecule has 1 aromatic rings. The van der Waals surface area contributed by atoms with Crippen molar-refractivity contribution >= 4 is 12.0 Å². The van der Waals surface area contributed by atoms with Gasteiger partial charge in [0.15, 0.2) is 0 Å². The molecule has 0 aliphatic carbocycles. The third kappa shape index (κ3) is 5.20. The maximum atomic E-state index is 12.1. The van der Waals surface area contributed by atoms with E-state index in [2.05, 4.69) is 52.0 Å². The van der Waals surface area contributed by atoms with Crippen molar-refractivity contribution in [2.24, 2.45) is 0 Å². The van der Waals surface area contributed by atoms with Crippen LogP contribution in [0, 0.1) is 0 Å². The highest BCUT2D eigenvalue weighted by atomic mass is 16.2. The van der Waals surface area contributed by atoms with E-state index in [-0.39, 0.29) is 5.91 Å². The van der Waals surface area contributed by atoms with Crippen LogP contribution in [0.1, 0.15) is 57.6 Å². The Hall–Kier alpha value is -1.57. The normalized spacial score (nSPS) is 11.2. The van der Waals surface area contributed by atoms with Gasteiger partial charge in [0, 0.05) is 19.2 Å². The van der Waals surface area contributed by atoms with E-state index in [0.29, 0.717) is 5.92 Å². The van der Waals surface area contributed by atoms with E-state index in [9.17, 15) is 4.79 Å². The molecule has 0 radical (unpaired) electrons. The van der Waals surface area contributed by atoms with E-state index in [1.165, 1.54) is 5.56 Å². The molecule has 0 aromatic heterocycles. The van der Waals surface area contributed by atoms with E-state index >= 15 is 0 Å². The third-order valence-electron chi connectivity index (χ3n) is 3.32. The van der Waals surface area contributed by atoms with Crippen molar-refractivity contribution < 1.29 is 4.79 Å². The van der Waals surface area contributed by atoms with Crippen molar-refractivity contribution in [3.05, 3.63) is 41.5 Å². The minimum Gasteiger partial charge on any atom is -0.339 e. The zero-order valence-electron chi connectivity index (χ0n) is 13.2. The van der Waals surface area contributed by atoms with E-state index in [4.69, 9.17) is 0 Å². The predicted molar refractivity (Wildman–Crippen MR) is 86.7 cm³/mol. The van der Waals surface area contributed by atoms with Crippen molar-refractivity contribution in [2.45, 2.75) is 46.5 Å². The molecule has 0 atom stereocenters. The highest BCUT2D eigenvalue weighted by Crippen LogP contribution is 2.15. The fraction of sp³-hybridized carbons (Fsp3) is 0.500. The molecule has 0 saturated heterocycles. The van der Waals surface area contributed by atoms with Gasteiger partial charge >= 0.3 is 0 Å². The summed E-state index contributed by atoms with van der Waals surface area (Å²) in [5, 5.41) is 0. The van der Waals surface area contributed by atoms with Gasteiger partial charge in [-0.15, -0.1) is 0 Å². The van der Waals surface area contributed by atoms with Crippen LogP contribution in [0.4, 0.5) is 0 Å². The molecule has 0 unspecified atom stereocenters. The molecule has 0 aliphatic heterocycles. The number of rotatable bonds is 7. The molecule has 0 fully saturated rings. The highest BCUT2D eigenvalue weighted by molar-refractivity contribution is 5.91. The summed E-state index contributed by atoms with van der Waals surface area (Å²) in [6, 6.07) is 8.40. The van der Waals surface area contributed by atoms with E-state index < -0.39 is 0 Å². The summed E-state index contributed by atoms with van der Waals surface area (Å²) in [6.07, 6.45) is 5.60. The first-order chi connectivity index (χ1) is 9.58. The first kappa shape index (κ1) is 16.5. The molecule has 0 N–H and O–H groups in total. The molecule has 0 aliphatic rings. The Bertz CT molecular complexity index is 425. The smallest absolute Gasteiger partial charge is 0.246 e. The van der Waals surface area contributed by atoms with Gasteiger partial charge in [0.2, 0.25) is 5.91 Å². The lowest BCUT2D eigenvalue weighted by molar-refractivity contribution is -0.126. The molecule has 20 heavy (non-hydrogen) atoms. The SMILES string of the molecule is CCCN(CCC)C(=O)C=Cc1ccc(C(C)C)cc1. The summed E-state index contributed by atoms with van der Waals surface area (Å²) >= 11 is 0. The fourth-order valence-corrected chi connectivity index (χ4v) is 2.14. The van der Waals surface area contributed by atoms with Crippen molar-refractivity contribution in [3.8, 4) is 0 Å². The summed E-state index contributed by atoms with van der Waals surface area (Å²) < 4.78 is 0. The summed E-state index contributed by atoms with van der Waals surface area (Å²) in [5.74, 6) is 0.654. The van der Waals surface area contributed by atoms with Crippen LogP contribution in [0.25, 0.3) is 6.08 Å². The van der Waals surface area contributed by atoms with Gasteiger partial charge in [-0.25, -0.2) is 0 Å². The topological polar surface area (TPSA) is 20.3 Å². The number of carbonyl (C=O) groups excluding carboxylic acids is 1. The van der Waals surface area contributed by atoms with Crippen molar-refractivity contribution in [1.29, 1.82) is 0 Å². The van der Waals surface area contributed by atoms with Gasteiger partial charge in [0.1, 0.15) is 0 Å². The molecule has 0 spiro atoms. The predicted octanol–water partition coefficient (Wildman–Crippen LogP) is 4.47. The highest BCUT2D eigenvalue weighted by Gasteiger charge is 2.07. The number of hydrogen-bond acceptors (Lipinski definition) is 1. The second-order valence-electron chi connectivity index (χ2n) is 5.48. The number of nitrogens with zero attached hydrogens (tertiary/aromatic N) is 1. The van der Waals surface area contributed by atoms with Crippen LogP contribution in [0.2, 0.25) is 0 Å². The van der Waals surface area contributed by atoms with Crippen molar-refractivity contribution in [3.63, 3.8) is 0 Å². The van der Waals surface area contributed by atoms with Crippen LogP contribution in [0.15, 0.2) is 30.3 Å². The maximum Gasteiger partial charge on any atom is 0.246 e. The number of amides is 1. The molecular formula is C18H27NO. The Morgan fingerprint density at radius 2 is 1.65 bits per heavy atom. The van der Waals surface area contributed by atoms with Gasteiger partial charge in [-0.1, -0.05) is 52.0 Å². The van der Waals surface area contributed by atoms with Crippen molar-refractivity contribution in [1.82, 2.24) is 4.90 Å². The monoisotopic (exact) mass is 273 g/mol. The Balaban J connectivity index is 2.67. The lowest BCUT2D eigenvalue weighted by Gasteiger charge is -2.19. The van der Waals surface area contributed by atoms with Gasteiger partial charge in [0.05, 0.1) is 0 Å². The van der Waals surface area contributed by atoms with Crippen LogP contribution >= 0.6 is 0 Å². The van der Waals surface area contributed by atoms with Gasteiger partial charge in [-0.2, -0.15) is 0 Å². The summed E-state index contributed by atoms with van der Waals surface area (Å²) in [4.78, 5) is 14.0. The molecule has 2 nitrogen and oxygen atoms in total. The molecule has 1 rings (SSSR count). The van der Waals surface area contributed by atoms with E-state index in [1.807, 2.05) is 11.0 Å². The van der Waals surface area contributed by atoms with Crippen LogP contribution in [0.5, 0.6) is 0 Å². The maximum absolute atomic E-state index is 12.1. The first-order valence-electron chi connectivity index (χ1n) is 7.65. The number of benzene rings is 1. The molecule has 1 amide bonds. The Morgan fingerprint density at radius 3 is 2.10 bits per heavy atom. The summed E-state index contributed by atoms with van der Waals surface area (Å²) in [7, 11) is 0. The largest absolute Gasteiger partial charge is 0.339 e. The molecule has 0 bridgehead atoms. The molecule has 0 saturated carbocycles. The fourth-order valence-electron chi connectivity index (χ4n) is 2.14. The van der Waals surface area contributed by atoms with Gasteiger partial charge in [-0.3, -0.25) is 4.79 Å². The van der Waals surface area contributed by atoms with E-state index in [1.54, 1.807) is 6.08 Å². The first-order valence-corrected chi connectivity index (χ1v) is 7.65. The zero-order chi connectivity index (χ0) is 15.0. The second kappa shape index (κ2) is 8.57. The van der Waals surface area contributed by atoms with Crippen molar-refractivity contribution in [2.75, 3.05) is 13.1 Å².